The van der Waals surface area contributed by atoms with Gasteiger partial charge in [0.05, 0.1) is 5.92 Å². The van der Waals surface area contributed by atoms with Crippen LogP contribution in [0.3, 0.4) is 0 Å². The maximum absolute atomic E-state index is 14.7. The summed E-state index contributed by atoms with van der Waals surface area (Å²) in [4.78, 5) is 24.5. The number of hydrogen-bond acceptors (Lipinski definition) is 4. The van der Waals surface area contributed by atoms with E-state index in [1.54, 1.807) is 6.92 Å². The summed E-state index contributed by atoms with van der Waals surface area (Å²) < 4.78 is 42.9. The Morgan fingerprint density at radius 1 is 1.24 bits per heavy atom. The quantitative estimate of drug-likeness (QED) is 0.567. The van der Waals surface area contributed by atoms with E-state index in [1.165, 1.54) is 12.1 Å². The van der Waals surface area contributed by atoms with Gasteiger partial charge in [-0.15, -0.1) is 5.12 Å². The molecule has 1 spiro atoms. The number of benzene rings is 1. The van der Waals surface area contributed by atoms with Crippen LogP contribution in [-0.4, -0.2) is 43.6 Å². The van der Waals surface area contributed by atoms with Crippen molar-refractivity contribution in [1.82, 2.24) is 10.4 Å². The van der Waals surface area contributed by atoms with Crippen molar-refractivity contribution in [2.45, 2.75) is 52.4 Å². The fourth-order valence-corrected chi connectivity index (χ4v) is 4.04. The van der Waals surface area contributed by atoms with E-state index < -0.39 is 34.1 Å². The fraction of sp³-hybridized carbons (Fsp3) is 0.619. The summed E-state index contributed by atoms with van der Waals surface area (Å²) in [6.07, 6.45) is 2.07. The first-order chi connectivity index (χ1) is 13.9. The highest BCUT2D eigenvalue weighted by Gasteiger charge is 2.40. The molecule has 2 heterocycles. The number of carbonyl (C=O) groups is 2. The van der Waals surface area contributed by atoms with E-state index in [1.807, 2.05) is 18.7 Å². The summed E-state index contributed by atoms with van der Waals surface area (Å²) in [5.41, 5.74) is 0.254. The third-order valence-electron chi connectivity index (χ3n) is 5.78. The lowest BCUT2D eigenvalue weighted by atomic mass is 9.73. The summed E-state index contributed by atoms with van der Waals surface area (Å²) in [6.45, 7) is 9.10. The Kier molecular flexibility index (Phi) is 8.07. The molecule has 5 nitrogen and oxygen atoms in total. The van der Waals surface area contributed by atoms with E-state index in [2.05, 4.69) is 5.32 Å². The molecular formula is C21H30F3N3O2. The number of halogens is 3. The molecule has 2 aliphatic rings. The summed E-state index contributed by atoms with van der Waals surface area (Å²) in [7, 11) is 0. The zero-order valence-corrected chi connectivity index (χ0v) is 17.3. The van der Waals surface area contributed by atoms with Crippen LogP contribution < -0.4 is 10.2 Å². The Balaban J connectivity index is 0.00000145. The SMILES string of the molecule is CC.CCCC(C(=O)N(F)C=O)c1c(F)cc(N2CCC3(CC2)CNC3)cc1F. The number of rotatable bonds is 6. The van der Waals surface area contributed by atoms with Gasteiger partial charge < -0.3 is 10.2 Å². The van der Waals surface area contributed by atoms with Gasteiger partial charge in [-0.25, -0.2) is 8.78 Å². The fourth-order valence-electron chi connectivity index (χ4n) is 4.04. The third kappa shape index (κ3) is 4.91. The molecule has 0 saturated carbocycles. The summed E-state index contributed by atoms with van der Waals surface area (Å²) in [5.74, 6) is -4.40. The first-order valence-corrected chi connectivity index (χ1v) is 10.3. The number of piperidine rings is 1. The van der Waals surface area contributed by atoms with Crippen molar-refractivity contribution in [3.63, 3.8) is 0 Å². The van der Waals surface area contributed by atoms with Gasteiger partial charge in [-0.05, 0) is 36.8 Å². The van der Waals surface area contributed by atoms with Gasteiger partial charge in [-0.2, -0.15) is 0 Å². The molecule has 2 aliphatic heterocycles. The first kappa shape index (κ1) is 23.2. The second-order valence-corrected chi connectivity index (χ2v) is 7.51. The van der Waals surface area contributed by atoms with E-state index in [0.717, 1.165) is 25.9 Å². The molecule has 1 aromatic rings. The Bertz CT molecular complexity index is 692. The van der Waals surface area contributed by atoms with E-state index in [-0.39, 0.29) is 12.8 Å². The van der Waals surface area contributed by atoms with Gasteiger partial charge in [0, 0.05) is 37.4 Å². The zero-order valence-electron chi connectivity index (χ0n) is 17.3. The molecule has 2 fully saturated rings. The van der Waals surface area contributed by atoms with Crippen molar-refractivity contribution in [3.8, 4) is 0 Å². The summed E-state index contributed by atoms with van der Waals surface area (Å²) in [6, 6.07) is 2.41. The Morgan fingerprint density at radius 3 is 2.21 bits per heavy atom. The molecule has 29 heavy (non-hydrogen) atoms. The van der Waals surface area contributed by atoms with Crippen LogP contribution in [0.4, 0.5) is 18.9 Å². The summed E-state index contributed by atoms with van der Waals surface area (Å²) in [5, 5.41) is 2.62. The van der Waals surface area contributed by atoms with Crippen molar-refractivity contribution in [3.05, 3.63) is 29.3 Å². The van der Waals surface area contributed by atoms with Crippen LogP contribution in [0.15, 0.2) is 12.1 Å². The number of anilines is 1. The molecule has 1 N–H and O–H groups in total. The van der Waals surface area contributed by atoms with Crippen molar-refractivity contribution in [2.24, 2.45) is 5.41 Å². The number of nitrogens with one attached hydrogen (secondary N) is 1. The molecule has 2 saturated heterocycles. The molecule has 0 bridgehead atoms. The van der Waals surface area contributed by atoms with Crippen LogP contribution in [0.5, 0.6) is 0 Å². The van der Waals surface area contributed by atoms with Gasteiger partial charge in [0.2, 0.25) is 6.41 Å². The van der Waals surface area contributed by atoms with Gasteiger partial charge in [0.15, 0.2) is 0 Å². The molecular weight excluding hydrogens is 383 g/mol. The lowest BCUT2D eigenvalue weighted by Gasteiger charge is -2.49. The van der Waals surface area contributed by atoms with Gasteiger partial charge in [0.1, 0.15) is 11.6 Å². The van der Waals surface area contributed by atoms with Gasteiger partial charge >= 0.3 is 0 Å². The number of amides is 2. The van der Waals surface area contributed by atoms with E-state index in [4.69, 9.17) is 0 Å². The van der Waals surface area contributed by atoms with Crippen molar-refractivity contribution in [1.29, 1.82) is 0 Å². The number of imide groups is 1. The summed E-state index contributed by atoms with van der Waals surface area (Å²) >= 11 is 0. The Morgan fingerprint density at radius 2 is 1.79 bits per heavy atom. The maximum atomic E-state index is 14.7. The van der Waals surface area contributed by atoms with Crippen molar-refractivity contribution >= 4 is 18.0 Å². The average molecular weight is 413 g/mol. The van der Waals surface area contributed by atoms with Crippen molar-refractivity contribution in [2.75, 3.05) is 31.1 Å². The zero-order chi connectivity index (χ0) is 21.6. The minimum absolute atomic E-state index is 0.0412. The molecule has 2 amide bonds. The number of carbonyl (C=O) groups excluding carboxylic acids is 2. The standard InChI is InChI=1S/C19H24F3N3O2.C2H6/c1-2-3-14(18(27)25(22)12-26)17-15(20)8-13(9-16(17)21)24-6-4-19(5-7-24)10-23-11-19;1-2/h8-9,12,14,23H,2-7,10-11H2,1H3;1-2H3. The van der Waals surface area contributed by atoms with Crippen LogP contribution in [0.1, 0.15) is 57.9 Å². The molecule has 8 heteroatoms. The monoisotopic (exact) mass is 413 g/mol. The van der Waals surface area contributed by atoms with E-state index >= 15 is 0 Å². The van der Waals surface area contributed by atoms with E-state index in [0.29, 0.717) is 30.6 Å². The molecule has 0 aliphatic carbocycles. The minimum Gasteiger partial charge on any atom is -0.371 e. The van der Waals surface area contributed by atoms with Gasteiger partial charge in [-0.3, -0.25) is 9.59 Å². The molecule has 0 radical (unpaired) electrons. The lowest BCUT2D eigenvalue weighted by molar-refractivity contribution is -0.155. The molecule has 3 rings (SSSR count). The van der Waals surface area contributed by atoms with Crippen LogP contribution >= 0.6 is 0 Å². The highest BCUT2D eigenvalue weighted by Crippen LogP contribution is 2.38. The van der Waals surface area contributed by atoms with Crippen LogP contribution in [0.2, 0.25) is 0 Å². The second-order valence-electron chi connectivity index (χ2n) is 7.51. The molecule has 1 atom stereocenters. The molecule has 162 valence electrons. The minimum atomic E-state index is -1.37. The largest absolute Gasteiger partial charge is 0.371 e. The first-order valence-electron chi connectivity index (χ1n) is 10.3. The lowest BCUT2D eigenvalue weighted by Crippen LogP contribution is -2.58. The second kappa shape index (κ2) is 10.1. The Hall–Kier alpha value is -2.09. The normalized spacial score (nSPS) is 18.3. The predicted molar refractivity (Wildman–Crippen MR) is 106 cm³/mol. The Labute approximate surface area is 170 Å². The van der Waals surface area contributed by atoms with Gasteiger partial charge in [-0.1, -0.05) is 31.7 Å². The molecule has 1 unspecified atom stereocenters. The maximum Gasteiger partial charge on any atom is 0.265 e. The van der Waals surface area contributed by atoms with Gasteiger partial charge in [0.25, 0.3) is 5.91 Å². The van der Waals surface area contributed by atoms with Crippen LogP contribution in [0, 0.1) is 17.0 Å². The van der Waals surface area contributed by atoms with Crippen LogP contribution in [-0.2, 0) is 9.59 Å². The van der Waals surface area contributed by atoms with E-state index in [9.17, 15) is 22.9 Å². The average Bonchev–Trinajstić information content (AvgIpc) is 2.71. The topological polar surface area (TPSA) is 52.7 Å². The highest BCUT2D eigenvalue weighted by molar-refractivity contribution is 5.90. The number of nitrogens with zero attached hydrogens (tertiary/aromatic N) is 2. The smallest absolute Gasteiger partial charge is 0.265 e. The van der Waals surface area contributed by atoms with Crippen molar-refractivity contribution < 1.29 is 22.9 Å². The highest BCUT2D eigenvalue weighted by atomic mass is 19.2. The predicted octanol–water partition coefficient (Wildman–Crippen LogP) is 3.93. The number of hydrogen-bond donors (Lipinski definition) is 1. The molecule has 1 aromatic carbocycles. The van der Waals surface area contributed by atoms with Crippen LogP contribution in [0.25, 0.3) is 0 Å². The molecule has 0 aromatic heterocycles. The third-order valence-corrected chi connectivity index (χ3v) is 5.78.